The lowest BCUT2D eigenvalue weighted by atomic mass is 9.84. The Labute approximate surface area is 159 Å². The largest absolute Gasteiger partial charge is 0.508 e. The van der Waals surface area contributed by atoms with Crippen molar-refractivity contribution in [2.24, 2.45) is 11.8 Å². The molecule has 0 aromatic carbocycles. The van der Waals surface area contributed by atoms with E-state index in [1.165, 1.54) is 0 Å². The van der Waals surface area contributed by atoms with Gasteiger partial charge in [0.15, 0.2) is 5.78 Å². The predicted molar refractivity (Wildman–Crippen MR) is 93.2 cm³/mol. The maximum atomic E-state index is 12.2. The summed E-state index contributed by atoms with van der Waals surface area (Å²) in [6.07, 6.45) is 7.37. The second-order valence-corrected chi connectivity index (χ2v) is 8.27. The van der Waals surface area contributed by atoms with Gasteiger partial charge in [-0.1, -0.05) is 0 Å². The first-order valence-corrected chi connectivity index (χ1v) is 10.3. The molecule has 2 heterocycles. The van der Waals surface area contributed by atoms with Gasteiger partial charge in [0.2, 0.25) is 5.78 Å². The highest BCUT2D eigenvalue weighted by Gasteiger charge is 2.46. The van der Waals surface area contributed by atoms with Crippen molar-refractivity contribution in [3.63, 3.8) is 0 Å². The number of carbonyl (C=O) groups excluding carboxylic acids is 3. The van der Waals surface area contributed by atoms with Gasteiger partial charge in [-0.3, -0.25) is 9.59 Å². The lowest BCUT2D eigenvalue weighted by Crippen LogP contribution is -2.28. The van der Waals surface area contributed by atoms with Crippen LogP contribution in [0.5, 0.6) is 0 Å². The van der Waals surface area contributed by atoms with Crippen LogP contribution in [0.2, 0.25) is 0 Å². The Hall–Kier alpha value is -1.47. The van der Waals surface area contributed by atoms with Crippen LogP contribution in [0.25, 0.3) is 0 Å². The fourth-order valence-corrected chi connectivity index (χ4v) is 4.40. The van der Waals surface area contributed by atoms with E-state index >= 15 is 0 Å². The first-order valence-electron chi connectivity index (χ1n) is 10.3. The van der Waals surface area contributed by atoms with Crippen LogP contribution in [0.15, 0.2) is 0 Å². The number of unbranched alkanes of at least 4 members (excludes halogenated alkanes) is 1. The molecule has 7 heteroatoms. The highest BCUT2D eigenvalue weighted by atomic mass is 16.7. The van der Waals surface area contributed by atoms with Gasteiger partial charge in [-0.15, -0.1) is 0 Å². The summed E-state index contributed by atoms with van der Waals surface area (Å²) in [5.74, 6) is -0.358. The highest BCUT2D eigenvalue weighted by molar-refractivity contribution is 6.37. The fraction of sp³-hybridized carbons (Fsp3) is 0.850. The molecule has 6 atom stereocenters. The molecule has 0 amide bonds. The van der Waals surface area contributed by atoms with Crippen LogP contribution < -0.4 is 0 Å². The van der Waals surface area contributed by atoms with Crippen LogP contribution in [0.1, 0.15) is 57.8 Å². The highest BCUT2D eigenvalue weighted by Crippen LogP contribution is 2.40. The predicted octanol–water partition coefficient (Wildman–Crippen LogP) is 2.58. The number of carbonyl (C=O) groups is 3. The lowest BCUT2D eigenvalue weighted by molar-refractivity contribution is -0.139. The van der Waals surface area contributed by atoms with Crippen LogP contribution >= 0.6 is 0 Å². The second-order valence-electron chi connectivity index (χ2n) is 8.27. The maximum absolute atomic E-state index is 12.2. The summed E-state index contributed by atoms with van der Waals surface area (Å²) in [5, 5.41) is 0. The molecule has 0 aromatic heterocycles. The molecule has 0 spiro atoms. The van der Waals surface area contributed by atoms with Gasteiger partial charge >= 0.3 is 6.16 Å². The summed E-state index contributed by atoms with van der Waals surface area (Å²) in [7, 11) is 0. The molecule has 150 valence electrons. The molecule has 27 heavy (non-hydrogen) atoms. The molecular weight excluding hydrogens is 352 g/mol. The monoisotopic (exact) mass is 380 g/mol. The van der Waals surface area contributed by atoms with Crippen LogP contribution in [0.4, 0.5) is 4.79 Å². The van der Waals surface area contributed by atoms with Crippen LogP contribution in [0.3, 0.4) is 0 Å². The normalized spacial score (nSPS) is 36.1. The molecule has 0 aromatic rings. The number of Topliss-reactive ketones (excluding diaryl/α,β-unsaturated/α-hetero) is 2. The summed E-state index contributed by atoms with van der Waals surface area (Å²) in [6, 6.07) is 0. The standard InChI is InChI=1S/C20H28O7/c21-14(19(22)13-5-7-16-18(10-13)27-16)3-1-2-8-24-20(23)25-11-12-4-6-15-17(9-12)26-15/h12-13,15-18H,1-11H2. The van der Waals surface area contributed by atoms with Crippen LogP contribution in [-0.4, -0.2) is 55.4 Å². The average Bonchev–Trinajstić information content (AvgIpc) is 3.58. The molecule has 4 rings (SSSR count). The molecule has 4 fully saturated rings. The summed E-state index contributed by atoms with van der Waals surface area (Å²) in [5.41, 5.74) is 0. The van der Waals surface area contributed by atoms with Crippen molar-refractivity contribution in [1.29, 1.82) is 0 Å². The fourth-order valence-electron chi connectivity index (χ4n) is 4.40. The molecule has 2 saturated carbocycles. The zero-order chi connectivity index (χ0) is 18.8. The molecular formula is C20H28O7. The van der Waals surface area contributed by atoms with Gasteiger partial charge in [-0.2, -0.15) is 0 Å². The van der Waals surface area contributed by atoms with Gasteiger partial charge in [0, 0.05) is 12.3 Å². The van der Waals surface area contributed by atoms with E-state index in [4.69, 9.17) is 18.9 Å². The average molecular weight is 380 g/mol. The maximum Gasteiger partial charge on any atom is 0.508 e. The minimum absolute atomic E-state index is 0.163. The molecule has 7 nitrogen and oxygen atoms in total. The van der Waals surface area contributed by atoms with E-state index in [1.807, 2.05) is 0 Å². The van der Waals surface area contributed by atoms with Crippen LogP contribution in [0, 0.1) is 11.8 Å². The lowest BCUT2D eigenvalue weighted by Gasteiger charge is -2.18. The molecule has 2 saturated heterocycles. The summed E-state index contributed by atoms with van der Waals surface area (Å²) in [6.45, 7) is 0.588. The van der Waals surface area contributed by atoms with Crippen molar-refractivity contribution >= 4 is 17.7 Å². The Morgan fingerprint density at radius 1 is 0.815 bits per heavy atom. The topological polar surface area (TPSA) is 94.7 Å². The van der Waals surface area contributed by atoms with Crippen molar-refractivity contribution in [2.75, 3.05) is 13.2 Å². The minimum atomic E-state index is -0.655. The molecule has 0 bridgehead atoms. The molecule has 0 N–H and O–H groups in total. The summed E-state index contributed by atoms with van der Waals surface area (Å²) < 4.78 is 21.1. The number of hydrogen-bond acceptors (Lipinski definition) is 7. The molecule has 4 aliphatic rings. The molecule has 6 unspecified atom stereocenters. The Morgan fingerprint density at radius 3 is 2.30 bits per heavy atom. The van der Waals surface area contributed by atoms with E-state index in [-0.39, 0.29) is 36.6 Å². The SMILES string of the molecule is O=C(OCCCCC(=O)C(=O)C1CCC2OC2C1)OCC1CCC2OC2C1. The van der Waals surface area contributed by atoms with Gasteiger partial charge < -0.3 is 18.9 Å². The first kappa shape index (κ1) is 18.9. The van der Waals surface area contributed by atoms with Crippen LogP contribution in [-0.2, 0) is 28.5 Å². The first-order chi connectivity index (χ1) is 13.1. The quantitative estimate of drug-likeness (QED) is 0.263. The molecule has 2 aliphatic carbocycles. The Balaban J connectivity index is 1.02. The number of epoxide rings is 2. The van der Waals surface area contributed by atoms with Crippen molar-refractivity contribution in [2.45, 2.75) is 82.2 Å². The van der Waals surface area contributed by atoms with E-state index < -0.39 is 6.16 Å². The summed E-state index contributed by atoms with van der Waals surface area (Å²) >= 11 is 0. The van der Waals surface area contributed by atoms with Gasteiger partial charge in [0.05, 0.1) is 37.6 Å². The second kappa shape index (κ2) is 8.27. The molecule has 2 aliphatic heterocycles. The Bertz CT molecular complexity index is 589. The number of rotatable bonds is 9. The smallest absolute Gasteiger partial charge is 0.434 e. The third-order valence-corrected chi connectivity index (χ3v) is 6.22. The van der Waals surface area contributed by atoms with E-state index in [1.54, 1.807) is 0 Å². The van der Waals surface area contributed by atoms with E-state index in [2.05, 4.69) is 0 Å². The van der Waals surface area contributed by atoms with Crippen molar-refractivity contribution in [1.82, 2.24) is 0 Å². The Kier molecular flexibility index (Phi) is 5.78. The summed E-state index contributed by atoms with van der Waals surface area (Å²) in [4.78, 5) is 35.8. The van der Waals surface area contributed by atoms with Crippen molar-refractivity contribution < 1.29 is 33.3 Å². The third-order valence-electron chi connectivity index (χ3n) is 6.22. The Morgan fingerprint density at radius 2 is 1.56 bits per heavy atom. The van der Waals surface area contributed by atoms with Crippen molar-refractivity contribution in [3.05, 3.63) is 0 Å². The van der Waals surface area contributed by atoms with Gasteiger partial charge in [0.25, 0.3) is 0 Å². The van der Waals surface area contributed by atoms with Crippen molar-refractivity contribution in [3.8, 4) is 0 Å². The number of ether oxygens (including phenoxy) is 4. The zero-order valence-electron chi connectivity index (χ0n) is 15.6. The van der Waals surface area contributed by atoms with E-state index in [9.17, 15) is 14.4 Å². The van der Waals surface area contributed by atoms with E-state index in [0.717, 1.165) is 32.1 Å². The number of hydrogen-bond donors (Lipinski definition) is 0. The van der Waals surface area contributed by atoms with Gasteiger partial charge in [-0.05, 0) is 57.3 Å². The number of ketones is 2. The van der Waals surface area contributed by atoms with Gasteiger partial charge in [-0.25, -0.2) is 4.79 Å². The number of fused-ring (bicyclic) bond motifs is 2. The molecule has 0 radical (unpaired) electrons. The van der Waals surface area contributed by atoms with Gasteiger partial charge in [0.1, 0.15) is 0 Å². The van der Waals surface area contributed by atoms with E-state index in [0.29, 0.717) is 50.1 Å². The minimum Gasteiger partial charge on any atom is -0.434 e. The zero-order valence-corrected chi connectivity index (χ0v) is 15.6. The third kappa shape index (κ3) is 5.08.